The highest BCUT2D eigenvalue weighted by Crippen LogP contribution is 2.40. The largest absolute Gasteiger partial charge is 0.493 e. The van der Waals surface area contributed by atoms with Gasteiger partial charge in [0.2, 0.25) is 0 Å². The summed E-state index contributed by atoms with van der Waals surface area (Å²) in [4.78, 5) is 82.1. The highest BCUT2D eigenvalue weighted by atomic mass is 16.5. The molecule has 0 aliphatic carbocycles. The van der Waals surface area contributed by atoms with Crippen LogP contribution in [0.4, 0.5) is 11.4 Å². The Kier molecular flexibility index (Phi) is 15.4. The number of imide groups is 1. The Balaban J connectivity index is 0.864. The van der Waals surface area contributed by atoms with E-state index in [1.165, 1.54) is 12.2 Å². The zero-order chi connectivity index (χ0) is 50.1. The average molecular weight is 979 g/mol. The predicted octanol–water partition coefficient (Wildman–Crippen LogP) is 7.82. The lowest BCUT2D eigenvalue weighted by molar-refractivity contribution is -0.137. The van der Waals surface area contributed by atoms with E-state index in [1.54, 1.807) is 38.5 Å². The lowest BCUT2D eigenvalue weighted by Gasteiger charge is -2.32. The first-order valence-corrected chi connectivity index (χ1v) is 24.5. The quantitative estimate of drug-likeness (QED) is 0.0477. The zero-order valence-electron chi connectivity index (χ0n) is 40.8. The van der Waals surface area contributed by atoms with E-state index >= 15 is 0 Å². The van der Waals surface area contributed by atoms with Gasteiger partial charge in [-0.05, 0) is 123 Å². The van der Waals surface area contributed by atoms with Gasteiger partial charge in [-0.1, -0.05) is 0 Å². The number of ether oxygens (including phenoxy) is 6. The van der Waals surface area contributed by atoms with Gasteiger partial charge >= 0.3 is 0 Å². The number of carbonyl (C=O) groups excluding carboxylic acids is 5. The maximum Gasteiger partial charge on any atom is 0.256 e. The number of amides is 4. The minimum absolute atomic E-state index is 0.000261. The van der Waals surface area contributed by atoms with Crippen LogP contribution in [0.2, 0.25) is 0 Å². The Labute approximate surface area is 418 Å². The minimum atomic E-state index is -0.358. The van der Waals surface area contributed by atoms with Gasteiger partial charge in [0.25, 0.3) is 23.6 Å². The molecule has 17 nitrogen and oxygen atoms in total. The van der Waals surface area contributed by atoms with Crippen molar-refractivity contribution >= 4 is 58.9 Å². The normalized spacial score (nSPS) is 18.2. The molecule has 4 amide bonds. The number of benzene rings is 4. The van der Waals surface area contributed by atoms with Gasteiger partial charge in [0.15, 0.2) is 28.8 Å². The summed E-state index contributed by atoms with van der Waals surface area (Å²) in [6, 6.07) is 19.9. The van der Waals surface area contributed by atoms with Crippen molar-refractivity contribution in [2.24, 2.45) is 15.0 Å². The number of nitrogens with zero attached hydrogens (tertiary/aromatic N) is 6. The van der Waals surface area contributed by atoms with E-state index in [1.807, 2.05) is 71.6 Å². The number of Topliss-reactive ketones (excluding diaryl/α,β-unsaturated/α-hetero) is 1. The molecule has 0 spiro atoms. The Morgan fingerprint density at radius 3 is 1.69 bits per heavy atom. The molecule has 9 rings (SSSR count). The number of ketones is 1. The van der Waals surface area contributed by atoms with E-state index in [4.69, 9.17) is 38.4 Å². The summed E-state index contributed by atoms with van der Waals surface area (Å²) in [6.07, 6.45) is 12.5. The summed E-state index contributed by atoms with van der Waals surface area (Å²) in [5, 5.41) is 0. The Morgan fingerprint density at radius 1 is 0.639 bits per heavy atom. The van der Waals surface area contributed by atoms with Gasteiger partial charge < -0.3 is 38.2 Å². The summed E-state index contributed by atoms with van der Waals surface area (Å²) in [5.41, 5.74) is 5.05. The van der Waals surface area contributed by atoms with Crippen molar-refractivity contribution in [3.8, 4) is 34.5 Å². The zero-order valence-corrected chi connectivity index (χ0v) is 40.8. The Hall–Kier alpha value is -7.82. The maximum atomic E-state index is 13.6. The van der Waals surface area contributed by atoms with E-state index < -0.39 is 0 Å². The van der Waals surface area contributed by atoms with Gasteiger partial charge in [0.05, 0.1) is 55.3 Å². The van der Waals surface area contributed by atoms with Crippen molar-refractivity contribution in [2.45, 2.75) is 83.6 Å². The molecule has 2 atom stereocenters. The molecule has 0 N–H and O–H groups in total. The topological polar surface area (TPSA) is 188 Å². The van der Waals surface area contributed by atoms with Crippen molar-refractivity contribution in [1.29, 1.82) is 0 Å². The van der Waals surface area contributed by atoms with Crippen molar-refractivity contribution in [3.63, 3.8) is 0 Å². The number of fused-ring (bicyclic) bond motifs is 4. The van der Waals surface area contributed by atoms with Crippen LogP contribution in [0, 0.1) is 0 Å². The molecule has 0 aromatic heterocycles. The molecule has 0 unspecified atom stereocenters. The monoisotopic (exact) mass is 978 g/mol. The van der Waals surface area contributed by atoms with E-state index in [9.17, 15) is 24.0 Å². The highest BCUT2D eigenvalue weighted by Gasteiger charge is 2.33. The maximum absolute atomic E-state index is 13.6. The average Bonchev–Trinajstić information content (AvgIpc) is 3.56. The highest BCUT2D eigenvalue weighted by molar-refractivity contribution is 6.13. The van der Waals surface area contributed by atoms with Crippen molar-refractivity contribution in [1.82, 2.24) is 14.7 Å². The molecule has 0 bridgehead atoms. The van der Waals surface area contributed by atoms with Gasteiger partial charge in [-0.25, -0.2) is 0 Å². The second-order valence-electron chi connectivity index (χ2n) is 18.2. The van der Waals surface area contributed by atoms with Crippen LogP contribution in [0.3, 0.4) is 0 Å². The molecular weight excluding hydrogens is 921 g/mol. The smallest absolute Gasteiger partial charge is 0.256 e. The van der Waals surface area contributed by atoms with Gasteiger partial charge in [0, 0.05) is 68.5 Å². The summed E-state index contributed by atoms with van der Waals surface area (Å²) in [7, 11) is 3.09. The number of aliphatic imine (C=N–C) groups is 3. The van der Waals surface area contributed by atoms with Gasteiger partial charge in [-0.2, -0.15) is 0 Å². The van der Waals surface area contributed by atoms with Crippen LogP contribution < -0.4 is 28.4 Å². The van der Waals surface area contributed by atoms with Gasteiger partial charge in [-0.15, -0.1) is 0 Å². The first kappa shape index (κ1) is 49.2. The first-order valence-electron chi connectivity index (χ1n) is 24.5. The first-order chi connectivity index (χ1) is 35.0. The fraction of sp³-hybridized carbons (Fsp3) is 0.382. The molecule has 5 aliphatic heterocycles. The van der Waals surface area contributed by atoms with Crippen LogP contribution in [0.25, 0.3) is 0 Å². The molecule has 17 heteroatoms. The van der Waals surface area contributed by atoms with Crippen molar-refractivity contribution in [2.75, 3.05) is 53.6 Å². The third-order valence-corrected chi connectivity index (χ3v) is 13.4. The molecule has 2 saturated heterocycles. The van der Waals surface area contributed by atoms with E-state index in [-0.39, 0.29) is 87.4 Å². The number of piperidine rings is 2. The summed E-state index contributed by atoms with van der Waals surface area (Å²) < 4.78 is 36.6. The van der Waals surface area contributed by atoms with Crippen LogP contribution >= 0.6 is 0 Å². The number of hydrogen-bond acceptors (Lipinski definition) is 14. The summed E-state index contributed by atoms with van der Waals surface area (Å²) >= 11 is 0. The third-order valence-electron chi connectivity index (χ3n) is 13.4. The van der Waals surface area contributed by atoms with Crippen LogP contribution in [-0.2, 0) is 27.6 Å². The van der Waals surface area contributed by atoms with E-state index in [0.29, 0.717) is 82.2 Å². The van der Waals surface area contributed by atoms with Crippen LogP contribution in [0.5, 0.6) is 34.5 Å². The molecule has 374 valence electrons. The molecule has 72 heavy (non-hydrogen) atoms. The molecule has 4 aromatic carbocycles. The summed E-state index contributed by atoms with van der Waals surface area (Å²) in [5.74, 6) is 1.92. The lowest BCUT2D eigenvalue weighted by Crippen LogP contribution is -2.43. The minimum Gasteiger partial charge on any atom is -0.493 e. The van der Waals surface area contributed by atoms with E-state index in [0.717, 1.165) is 60.1 Å². The van der Waals surface area contributed by atoms with Crippen molar-refractivity contribution in [3.05, 3.63) is 107 Å². The van der Waals surface area contributed by atoms with Crippen LogP contribution in [0.1, 0.15) is 95.7 Å². The standard InChI is InChI=1S/C55H58N6O11/c1-35(56-32-41(62)11-8-20-61-52(63)16-17-53(61)64)38-12-14-42(15-13-38)69-21-22-70-43-24-36(33-71-50-28-46-44(26-48(50)67-2)54(65)59-18-6-4-9-39(59)30-57-46)23-37(25-43)34-72-51-29-47-45(27-49(51)68-3)55(66)60-19-7-5-10-40(60)31-58-47/h12-17,23-31,39-40H,4-11,18-22,32-34H2,1-3H3/t39-,40-/m0/s1. The number of hydrogen-bond donors (Lipinski definition) is 0. The molecule has 4 aromatic rings. The van der Waals surface area contributed by atoms with Crippen molar-refractivity contribution < 1.29 is 52.4 Å². The van der Waals surface area contributed by atoms with Gasteiger partial charge in [0.1, 0.15) is 37.9 Å². The number of carbonyl (C=O) groups is 5. The lowest BCUT2D eigenvalue weighted by atomic mass is 10.0. The molecule has 5 heterocycles. The summed E-state index contributed by atoms with van der Waals surface area (Å²) in [6.45, 7) is 4.06. The number of rotatable bonds is 20. The Bertz CT molecular complexity index is 2720. The second kappa shape index (κ2) is 22.5. The van der Waals surface area contributed by atoms with E-state index in [2.05, 4.69) is 4.99 Å². The second-order valence-corrected chi connectivity index (χ2v) is 18.2. The Morgan fingerprint density at radius 2 is 1.17 bits per heavy atom. The van der Waals surface area contributed by atoms with Crippen LogP contribution in [0.15, 0.2) is 93.9 Å². The predicted molar refractivity (Wildman–Crippen MR) is 269 cm³/mol. The number of methoxy groups -OCH3 is 2. The molecule has 2 fully saturated rings. The van der Waals surface area contributed by atoms with Gasteiger partial charge in [-0.3, -0.25) is 43.8 Å². The fourth-order valence-corrected chi connectivity index (χ4v) is 9.45. The molecular formula is C55H58N6O11. The molecule has 5 aliphatic rings. The SMILES string of the molecule is COc1cc2c(cc1OCc1cc(COc3cc4c(cc3OC)C(=O)N3CCCC[C@H]3C=N4)cc(OCCOc3ccc(C(C)=NCC(=O)CCCN4C(=O)C=CC4=O)cc3)c1)N=C[C@@H]1CCCCN1C2=O. The fourth-order valence-electron chi connectivity index (χ4n) is 9.45. The third kappa shape index (κ3) is 11.4. The molecule has 0 radical (unpaired) electrons. The molecule has 0 saturated carbocycles. The van der Waals surface area contributed by atoms with Crippen LogP contribution in [-0.4, -0.2) is 128 Å².